The Morgan fingerprint density at radius 3 is 2.76 bits per heavy atom. The fourth-order valence-electron chi connectivity index (χ4n) is 2.09. The Balaban J connectivity index is 2.37. The molecular weight excluding hydrogens is 353 g/mol. The molecule has 0 aliphatic rings. The van der Waals surface area contributed by atoms with E-state index >= 15 is 0 Å². The van der Waals surface area contributed by atoms with E-state index in [1.54, 1.807) is 0 Å². The number of methoxy groups -OCH3 is 1. The molecule has 0 heterocycles. The van der Waals surface area contributed by atoms with Crippen LogP contribution in [-0.4, -0.2) is 18.0 Å². The molecular formula is C16H11ClFN3O4. The lowest BCUT2D eigenvalue weighted by Gasteiger charge is -2.10. The summed E-state index contributed by atoms with van der Waals surface area (Å²) in [6, 6.07) is 7.85. The van der Waals surface area contributed by atoms with Crippen LogP contribution < -0.4 is 5.32 Å². The lowest BCUT2D eigenvalue weighted by molar-refractivity contribution is -0.384. The Morgan fingerprint density at radius 1 is 1.44 bits per heavy atom. The molecule has 0 saturated carbocycles. The molecule has 1 N–H and O–H groups in total. The van der Waals surface area contributed by atoms with E-state index in [1.807, 2.05) is 6.07 Å². The molecule has 0 radical (unpaired) electrons. The van der Waals surface area contributed by atoms with Crippen LogP contribution in [0.15, 0.2) is 30.3 Å². The van der Waals surface area contributed by atoms with Crippen molar-refractivity contribution in [2.24, 2.45) is 0 Å². The molecule has 0 aromatic heterocycles. The molecule has 0 bridgehead atoms. The van der Waals surface area contributed by atoms with Crippen molar-refractivity contribution in [1.82, 2.24) is 0 Å². The SMILES string of the molecule is COC(=O)c1cc([N+](=O)[O-])c(NCc2cc(C#N)ccc2F)cc1Cl. The van der Waals surface area contributed by atoms with E-state index in [4.69, 9.17) is 16.9 Å². The van der Waals surface area contributed by atoms with Crippen LogP contribution in [0, 0.1) is 27.3 Å². The van der Waals surface area contributed by atoms with Gasteiger partial charge in [-0.1, -0.05) is 11.6 Å². The van der Waals surface area contributed by atoms with E-state index in [0.717, 1.165) is 19.2 Å². The number of halogens is 2. The number of esters is 1. The largest absolute Gasteiger partial charge is 0.465 e. The van der Waals surface area contributed by atoms with Gasteiger partial charge in [-0.25, -0.2) is 9.18 Å². The Kier molecular flexibility index (Phi) is 5.52. The van der Waals surface area contributed by atoms with Crippen LogP contribution in [0.25, 0.3) is 0 Å². The summed E-state index contributed by atoms with van der Waals surface area (Å²) < 4.78 is 18.3. The van der Waals surface area contributed by atoms with Gasteiger partial charge < -0.3 is 10.1 Å². The molecule has 25 heavy (non-hydrogen) atoms. The van der Waals surface area contributed by atoms with Crippen molar-refractivity contribution in [3.63, 3.8) is 0 Å². The summed E-state index contributed by atoms with van der Waals surface area (Å²) in [5, 5.41) is 22.7. The number of hydrogen-bond acceptors (Lipinski definition) is 6. The predicted octanol–water partition coefficient (Wildman–Crippen LogP) is 3.66. The van der Waals surface area contributed by atoms with E-state index in [0.29, 0.717) is 0 Å². The molecule has 0 aliphatic carbocycles. The van der Waals surface area contributed by atoms with Gasteiger partial charge in [-0.05, 0) is 24.3 Å². The number of rotatable bonds is 5. The number of hydrogen-bond donors (Lipinski definition) is 1. The highest BCUT2D eigenvalue weighted by Gasteiger charge is 2.22. The second-order valence-electron chi connectivity index (χ2n) is 4.87. The monoisotopic (exact) mass is 363 g/mol. The number of carbonyl (C=O) groups is 1. The summed E-state index contributed by atoms with van der Waals surface area (Å²) in [7, 11) is 1.13. The van der Waals surface area contributed by atoms with Crippen molar-refractivity contribution in [1.29, 1.82) is 5.26 Å². The van der Waals surface area contributed by atoms with Gasteiger partial charge in [0, 0.05) is 18.2 Å². The van der Waals surface area contributed by atoms with Crippen molar-refractivity contribution < 1.29 is 18.8 Å². The topological polar surface area (TPSA) is 105 Å². The number of ether oxygens (including phenoxy) is 1. The lowest BCUT2D eigenvalue weighted by atomic mass is 10.1. The molecule has 7 nitrogen and oxygen atoms in total. The van der Waals surface area contributed by atoms with Crippen molar-refractivity contribution in [2.45, 2.75) is 6.54 Å². The van der Waals surface area contributed by atoms with Gasteiger partial charge in [0.15, 0.2) is 0 Å². The molecule has 128 valence electrons. The average Bonchev–Trinajstić information content (AvgIpc) is 2.60. The second-order valence-corrected chi connectivity index (χ2v) is 5.28. The molecule has 0 saturated heterocycles. The van der Waals surface area contributed by atoms with E-state index in [1.165, 1.54) is 18.2 Å². The van der Waals surface area contributed by atoms with Crippen LogP contribution in [0.2, 0.25) is 5.02 Å². The normalized spacial score (nSPS) is 10.0. The minimum atomic E-state index is -0.813. The predicted molar refractivity (Wildman–Crippen MR) is 87.9 cm³/mol. The molecule has 0 amide bonds. The first-order chi connectivity index (χ1) is 11.9. The van der Waals surface area contributed by atoms with E-state index in [2.05, 4.69) is 10.1 Å². The summed E-state index contributed by atoms with van der Waals surface area (Å²) in [6.07, 6.45) is 0. The lowest BCUT2D eigenvalue weighted by Crippen LogP contribution is -2.08. The summed E-state index contributed by atoms with van der Waals surface area (Å²) in [4.78, 5) is 22.1. The van der Waals surface area contributed by atoms with E-state index in [9.17, 15) is 19.3 Å². The Bertz CT molecular complexity index is 896. The molecule has 0 fully saturated rings. The Labute approximate surface area is 146 Å². The zero-order chi connectivity index (χ0) is 18.6. The number of nitro benzene ring substituents is 1. The highest BCUT2D eigenvalue weighted by molar-refractivity contribution is 6.34. The van der Waals surface area contributed by atoms with Gasteiger partial charge in [-0.15, -0.1) is 0 Å². The molecule has 0 spiro atoms. The average molecular weight is 364 g/mol. The summed E-state index contributed by atoms with van der Waals surface area (Å²) >= 11 is 5.96. The summed E-state index contributed by atoms with van der Waals surface area (Å²) in [6.45, 7) is -0.115. The number of anilines is 1. The maximum Gasteiger partial charge on any atom is 0.339 e. The van der Waals surface area contributed by atoms with Gasteiger partial charge in [0.2, 0.25) is 0 Å². The highest BCUT2D eigenvalue weighted by Crippen LogP contribution is 2.32. The van der Waals surface area contributed by atoms with Gasteiger partial charge in [-0.3, -0.25) is 10.1 Å². The number of nitro groups is 1. The van der Waals surface area contributed by atoms with Crippen molar-refractivity contribution in [3.05, 3.63) is 68.0 Å². The van der Waals surface area contributed by atoms with Crippen molar-refractivity contribution in [2.75, 3.05) is 12.4 Å². The second kappa shape index (κ2) is 7.59. The first-order valence-electron chi connectivity index (χ1n) is 6.86. The molecule has 0 atom stereocenters. The maximum absolute atomic E-state index is 13.8. The van der Waals surface area contributed by atoms with Gasteiger partial charge >= 0.3 is 5.97 Å². The van der Waals surface area contributed by atoms with Gasteiger partial charge in [0.05, 0.1) is 34.3 Å². The third-order valence-corrected chi connectivity index (χ3v) is 3.64. The van der Waals surface area contributed by atoms with Crippen LogP contribution in [0.5, 0.6) is 0 Å². The first kappa shape index (κ1) is 18.2. The van der Waals surface area contributed by atoms with Gasteiger partial charge in [0.25, 0.3) is 5.69 Å². The number of carbonyl (C=O) groups excluding carboxylic acids is 1. The molecule has 2 aromatic rings. The molecule has 2 aromatic carbocycles. The fourth-order valence-corrected chi connectivity index (χ4v) is 2.33. The van der Waals surface area contributed by atoms with Crippen LogP contribution in [0.4, 0.5) is 15.8 Å². The molecule has 0 aliphatic heterocycles. The quantitative estimate of drug-likeness (QED) is 0.493. The Morgan fingerprint density at radius 2 is 2.16 bits per heavy atom. The minimum absolute atomic E-state index is 0.00409. The number of nitriles is 1. The van der Waals surface area contributed by atoms with Crippen LogP contribution in [-0.2, 0) is 11.3 Å². The van der Waals surface area contributed by atoms with Gasteiger partial charge in [-0.2, -0.15) is 5.26 Å². The minimum Gasteiger partial charge on any atom is -0.465 e. The van der Waals surface area contributed by atoms with E-state index < -0.39 is 22.4 Å². The third-order valence-electron chi connectivity index (χ3n) is 3.33. The number of nitrogens with zero attached hydrogens (tertiary/aromatic N) is 2. The number of nitrogens with one attached hydrogen (secondary N) is 1. The smallest absolute Gasteiger partial charge is 0.339 e. The molecule has 2 rings (SSSR count). The molecule has 0 unspecified atom stereocenters. The fraction of sp³-hybridized carbons (Fsp3) is 0.125. The van der Waals surface area contributed by atoms with Crippen molar-refractivity contribution in [3.8, 4) is 6.07 Å². The third kappa shape index (κ3) is 4.02. The first-order valence-corrected chi connectivity index (χ1v) is 7.23. The maximum atomic E-state index is 13.8. The van der Waals surface area contributed by atoms with Crippen LogP contribution in [0.1, 0.15) is 21.5 Å². The van der Waals surface area contributed by atoms with Crippen LogP contribution in [0.3, 0.4) is 0 Å². The zero-order valence-corrected chi connectivity index (χ0v) is 13.6. The standard InChI is InChI=1S/C16H11ClFN3O4/c1-25-16(22)11-5-15(21(23)24)14(6-12(11)17)20-8-10-4-9(7-19)2-3-13(10)18/h2-6,20H,8H2,1H3. The summed E-state index contributed by atoms with van der Waals surface area (Å²) in [5.74, 6) is -1.38. The molecule has 9 heteroatoms. The van der Waals surface area contributed by atoms with Gasteiger partial charge in [0.1, 0.15) is 11.5 Å². The number of benzene rings is 2. The van der Waals surface area contributed by atoms with Crippen LogP contribution >= 0.6 is 11.6 Å². The summed E-state index contributed by atoms with van der Waals surface area (Å²) in [5.41, 5.74) is -0.154. The Hall–Kier alpha value is -3.18. The van der Waals surface area contributed by atoms with Crippen molar-refractivity contribution >= 4 is 28.9 Å². The highest BCUT2D eigenvalue weighted by atomic mass is 35.5. The van der Waals surface area contributed by atoms with E-state index in [-0.39, 0.29) is 33.9 Å². The zero-order valence-electron chi connectivity index (χ0n) is 12.9.